The van der Waals surface area contributed by atoms with Gasteiger partial charge in [0.25, 0.3) is 5.91 Å². The van der Waals surface area contributed by atoms with Crippen LogP contribution >= 0.6 is 0 Å². The molecule has 0 atom stereocenters. The Morgan fingerprint density at radius 1 is 1.24 bits per heavy atom. The molecular weight excluding hydrogens is 325 g/mol. The zero-order valence-corrected chi connectivity index (χ0v) is 13.8. The summed E-state index contributed by atoms with van der Waals surface area (Å²) in [6, 6.07) is 11.1. The number of aromatic nitrogens is 4. The van der Waals surface area contributed by atoms with Crippen LogP contribution < -0.4 is 4.74 Å². The lowest BCUT2D eigenvalue weighted by Gasteiger charge is -2.18. The molecular formula is C17H16FN5O2. The predicted molar refractivity (Wildman–Crippen MR) is 87.9 cm³/mol. The first-order valence-corrected chi connectivity index (χ1v) is 7.50. The molecule has 0 saturated carbocycles. The molecule has 8 heteroatoms. The molecule has 0 aliphatic carbocycles. The molecule has 3 rings (SSSR count). The van der Waals surface area contributed by atoms with Crippen LogP contribution in [0, 0.1) is 5.82 Å². The summed E-state index contributed by atoms with van der Waals surface area (Å²) >= 11 is 0. The van der Waals surface area contributed by atoms with Gasteiger partial charge in [-0.3, -0.25) is 4.79 Å². The van der Waals surface area contributed by atoms with E-state index < -0.39 is 0 Å². The molecule has 2 aromatic carbocycles. The fraction of sp³-hybridized carbons (Fsp3) is 0.176. The van der Waals surface area contributed by atoms with Crippen LogP contribution in [-0.4, -0.2) is 45.2 Å². The fourth-order valence-electron chi connectivity index (χ4n) is 2.43. The van der Waals surface area contributed by atoms with Crippen molar-refractivity contribution in [2.45, 2.75) is 6.54 Å². The SMILES string of the molecule is COc1ccc(C(=O)N(C)Cc2ccc(F)cc2)cc1-n1cnnn1. The summed E-state index contributed by atoms with van der Waals surface area (Å²) in [6.45, 7) is 0.366. The van der Waals surface area contributed by atoms with E-state index in [2.05, 4.69) is 15.5 Å². The first-order chi connectivity index (χ1) is 12.1. The summed E-state index contributed by atoms with van der Waals surface area (Å²) in [5, 5.41) is 11.0. The van der Waals surface area contributed by atoms with Crippen LogP contribution in [-0.2, 0) is 6.54 Å². The van der Waals surface area contributed by atoms with E-state index in [1.165, 1.54) is 30.3 Å². The maximum absolute atomic E-state index is 13.0. The monoisotopic (exact) mass is 341 g/mol. The smallest absolute Gasteiger partial charge is 0.253 e. The topological polar surface area (TPSA) is 73.1 Å². The van der Waals surface area contributed by atoms with Gasteiger partial charge in [-0.2, -0.15) is 4.68 Å². The highest BCUT2D eigenvalue weighted by atomic mass is 19.1. The van der Waals surface area contributed by atoms with Crippen molar-refractivity contribution in [2.24, 2.45) is 0 Å². The second kappa shape index (κ2) is 7.08. The first kappa shape index (κ1) is 16.6. The summed E-state index contributed by atoms with van der Waals surface area (Å²) in [4.78, 5) is 14.2. The normalized spacial score (nSPS) is 10.5. The number of halogens is 1. The number of ether oxygens (including phenoxy) is 1. The van der Waals surface area contributed by atoms with E-state index in [1.807, 2.05) is 0 Å². The van der Waals surface area contributed by atoms with Gasteiger partial charge >= 0.3 is 0 Å². The Balaban J connectivity index is 1.84. The maximum Gasteiger partial charge on any atom is 0.253 e. The van der Waals surface area contributed by atoms with Crippen LogP contribution in [0.2, 0.25) is 0 Å². The second-order valence-electron chi connectivity index (χ2n) is 5.43. The maximum atomic E-state index is 13.0. The number of methoxy groups -OCH3 is 1. The van der Waals surface area contributed by atoms with Crippen LogP contribution in [0.5, 0.6) is 5.75 Å². The van der Waals surface area contributed by atoms with Gasteiger partial charge in [-0.1, -0.05) is 12.1 Å². The van der Waals surface area contributed by atoms with Crippen LogP contribution in [0.25, 0.3) is 5.69 Å². The Kier molecular flexibility index (Phi) is 4.69. The lowest BCUT2D eigenvalue weighted by Crippen LogP contribution is -2.26. The summed E-state index contributed by atoms with van der Waals surface area (Å²) in [6.07, 6.45) is 1.42. The van der Waals surface area contributed by atoms with E-state index in [0.717, 1.165) is 5.56 Å². The summed E-state index contributed by atoms with van der Waals surface area (Å²) < 4.78 is 19.7. The van der Waals surface area contributed by atoms with Gasteiger partial charge in [0.2, 0.25) is 0 Å². The van der Waals surface area contributed by atoms with Gasteiger partial charge < -0.3 is 9.64 Å². The molecule has 1 aromatic heterocycles. The highest BCUT2D eigenvalue weighted by Gasteiger charge is 2.16. The average Bonchev–Trinajstić information content (AvgIpc) is 3.17. The van der Waals surface area contributed by atoms with E-state index in [1.54, 1.807) is 42.3 Å². The third kappa shape index (κ3) is 3.63. The Labute approximate surface area is 143 Å². The van der Waals surface area contributed by atoms with Crippen molar-refractivity contribution in [1.29, 1.82) is 0 Å². The number of amides is 1. The van der Waals surface area contributed by atoms with Crippen LogP contribution in [0.15, 0.2) is 48.8 Å². The number of hydrogen-bond donors (Lipinski definition) is 0. The Morgan fingerprint density at radius 3 is 2.64 bits per heavy atom. The van der Waals surface area contributed by atoms with Crippen molar-refractivity contribution in [2.75, 3.05) is 14.2 Å². The van der Waals surface area contributed by atoms with E-state index >= 15 is 0 Å². The Bertz CT molecular complexity index is 865. The molecule has 0 unspecified atom stereocenters. The second-order valence-corrected chi connectivity index (χ2v) is 5.43. The summed E-state index contributed by atoms with van der Waals surface area (Å²) in [7, 11) is 3.22. The molecule has 128 valence electrons. The summed E-state index contributed by atoms with van der Waals surface area (Å²) in [5.74, 6) is 0.0605. The zero-order chi connectivity index (χ0) is 17.8. The van der Waals surface area contributed by atoms with E-state index in [-0.39, 0.29) is 11.7 Å². The quantitative estimate of drug-likeness (QED) is 0.710. The van der Waals surface area contributed by atoms with Gasteiger partial charge in [0.15, 0.2) is 0 Å². The number of benzene rings is 2. The molecule has 1 heterocycles. The molecule has 0 saturated heterocycles. The molecule has 0 bridgehead atoms. The Hall–Kier alpha value is -3.29. The van der Waals surface area contributed by atoms with Crippen molar-refractivity contribution in [3.63, 3.8) is 0 Å². The molecule has 0 spiro atoms. The van der Waals surface area contributed by atoms with Gasteiger partial charge in [-0.25, -0.2) is 4.39 Å². The number of tetrazole rings is 1. The minimum Gasteiger partial charge on any atom is -0.494 e. The molecule has 0 aliphatic rings. The standard InChI is InChI=1S/C17H16FN5O2/c1-22(10-12-3-6-14(18)7-4-12)17(24)13-5-8-16(25-2)15(9-13)23-11-19-20-21-23/h3-9,11H,10H2,1-2H3. The van der Waals surface area contributed by atoms with Gasteiger partial charge in [0.1, 0.15) is 23.6 Å². The molecule has 0 aliphatic heterocycles. The number of hydrogen-bond acceptors (Lipinski definition) is 5. The number of carbonyl (C=O) groups is 1. The summed E-state index contributed by atoms with van der Waals surface area (Å²) in [5.41, 5.74) is 1.87. The molecule has 0 N–H and O–H groups in total. The highest BCUT2D eigenvalue weighted by molar-refractivity contribution is 5.95. The largest absolute Gasteiger partial charge is 0.494 e. The molecule has 7 nitrogen and oxygen atoms in total. The molecule has 0 radical (unpaired) electrons. The minimum absolute atomic E-state index is 0.179. The van der Waals surface area contributed by atoms with E-state index in [9.17, 15) is 9.18 Å². The molecule has 3 aromatic rings. The number of rotatable bonds is 5. The van der Waals surface area contributed by atoms with Crippen molar-refractivity contribution >= 4 is 5.91 Å². The molecule has 25 heavy (non-hydrogen) atoms. The van der Waals surface area contributed by atoms with E-state index in [4.69, 9.17) is 4.74 Å². The average molecular weight is 341 g/mol. The van der Waals surface area contributed by atoms with Gasteiger partial charge in [-0.05, 0) is 46.3 Å². The van der Waals surface area contributed by atoms with Crippen molar-refractivity contribution in [1.82, 2.24) is 25.1 Å². The van der Waals surface area contributed by atoms with Crippen LogP contribution in [0.1, 0.15) is 15.9 Å². The van der Waals surface area contributed by atoms with Crippen LogP contribution in [0.4, 0.5) is 4.39 Å². The lowest BCUT2D eigenvalue weighted by atomic mass is 10.1. The first-order valence-electron chi connectivity index (χ1n) is 7.50. The Morgan fingerprint density at radius 2 is 2.00 bits per heavy atom. The number of nitrogens with zero attached hydrogens (tertiary/aromatic N) is 5. The molecule has 1 amide bonds. The lowest BCUT2D eigenvalue weighted by molar-refractivity contribution is 0.0785. The third-order valence-corrected chi connectivity index (χ3v) is 3.70. The third-order valence-electron chi connectivity index (χ3n) is 3.70. The van der Waals surface area contributed by atoms with Crippen molar-refractivity contribution < 1.29 is 13.9 Å². The van der Waals surface area contributed by atoms with Gasteiger partial charge in [0, 0.05) is 19.2 Å². The number of carbonyl (C=O) groups excluding carboxylic acids is 1. The van der Waals surface area contributed by atoms with Crippen molar-refractivity contribution in [3.05, 3.63) is 65.7 Å². The van der Waals surface area contributed by atoms with Gasteiger partial charge in [-0.15, -0.1) is 5.10 Å². The zero-order valence-electron chi connectivity index (χ0n) is 13.8. The predicted octanol–water partition coefficient (Wildman–Crippen LogP) is 2.08. The van der Waals surface area contributed by atoms with Crippen LogP contribution in [0.3, 0.4) is 0 Å². The minimum atomic E-state index is -0.307. The van der Waals surface area contributed by atoms with Crippen molar-refractivity contribution in [3.8, 4) is 11.4 Å². The fourth-order valence-corrected chi connectivity index (χ4v) is 2.43. The van der Waals surface area contributed by atoms with Gasteiger partial charge in [0.05, 0.1) is 7.11 Å². The molecule has 0 fully saturated rings. The highest BCUT2D eigenvalue weighted by Crippen LogP contribution is 2.24. The van der Waals surface area contributed by atoms with E-state index in [0.29, 0.717) is 23.5 Å².